The van der Waals surface area contributed by atoms with Gasteiger partial charge in [-0.3, -0.25) is 0 Å². The SMILES string of the molecule is CCS[C@H]1CCCC[C@H]1NCc1ccon1. The molecule has 0 spiro atoms. The number of rotatable bonds is 5. The van der Waals surface area contributed by atoms with E-state index in [0.29, 0.717) is 6.04 Å². The van der Waals surface area contributed by atoms with Crippen LogP contribution in [0.5, 0.6) is 0 Å². The second kappa shape index (κ2) is 6.30. The van der Waals surface area contributed by atoms with Crippen LogP contribution in [0.2, 0.25) is 0 Å². The average Bonchev–Trinajstić information content (AvgIpc) is 2.81. The molecule has 1 heterocycles. The van der Waals surface area contributed by atoms with Crippen LogP contribution in [0, 0.1) is 0 Å². The molecule has 2 atom stereocenters. The number of aromatic nitrogens is 1. The molecule has 0 saturated heterocycles. The predicted octanol–water partition coefficient (Wildman–Crippen LogP) is 2.83. The molecule has 3 nitrogen and oxygen atoms in total. The van der Waals surface area contributed by atoms with Crippen molar-refractivity contribution in [3.05, 3.63) is 18.0 Å². The van der Waals surface area contributed by atoms with Crippen molar-refractivity contribution in [2.24, 2.45) is 0 Å². The highest BCUT2D eigenvalue weighted by Gasteiger charge is 2.24. The van der Waals surface area contributed by atoms with Crippen LogP contribution in [-0.4, -0.2) is 22.2 Å². The maximum absolute atomic E-state index is 4.83. The topological polar surface area (TPSA) is 38.1 Å². The Morgan fingerprint density at radius 1 is 1.50 bits per heavy atom. The third kappa shape index (κ3) is 3.25. The monoisotopic (exact) mass is 240 g/mol. The van der Waals surface area contributed by atoms with Gasteiger partial charge in [-0.15, -0.1) is 0 Å². The standard InChI is InChI=1S/C12H20N2OS/c1-2-16-12-6-4-3-5-11(12)13-9-10-7-8-15-14-10/h7-8,11-13H,2-6,9H2,1H3/t11-,12+/m1/s1. The predicted molar refractivity (Wildman–Crippen MR) is 67.5 cm³/mol. The van der Waals surface area contributed by atoms with Gasteiger partial charge >= 0.3 is 0 Å². The largest absolute Gasteiger partial charge is 0.364 e. The molecule has 1 saturated carbocycles. The van der Waals surface area contributed by atoms with Gasteiger partial charge in [-0.05, 0) is 18.6 Å². The lowest BCUT2D eigenvalue weighted by atomic mass is 9.95. The first kappa shape index (κ1) is 12.0. The van der Waals surface area contributed by atoms with Gasteiger partial charge in [-0.25, -0.2) is 0 Å². The third-order valence-corrected chi connectivity index (χ3v) is 4.45. The summed E-state index contributed by atoms with van der Waals surface area (Å²) in [6.45, 7) is 3.08. The molecular weight excluding hydrogens is 220 g/mol. The van der Waals surface area contributed by atoms with Crippen LogP contribution in [0.15, 0.2) is 16.9 Å². The van der Waals surface area contributed by atoms with E-state index in [1.807, 2.05) is 6.07 Å². The number of thioether (sulfide) groups is 1. The summed E-state index contributed by atoms with van der Waals surface area (Å²) in [5.41, 5.74) is 1.01. The Balaban J connectivity index is 1.81. The number of nitrogens with zero attached hydrogens (tertiary/aromatic N) is 1. The molecule has 0 radical (unpaired) electrons. The Kier molecular flexibility index (Phi) is 4.72. The van der Waals surface area contributed by atoms with Crippen molar-refractivity contribution < 1.29 is 4.52 Å². The van der Waals surface area contributed by atoms with Crippen molar-refractivity contribution >= 4 is 11.8 Å². The highest BCUT2D eigenvalue weighted by molar-refractivity contribution is 7.99. The summed E-state index contributed by atoms with van der Waals surface area (Å²) in [6, 6.07) is 2.58. The van der Waals surface area contributed by atoms with Crippen molar-refractivity contribution in [3.8, 4) is 0 Å². The molecule has 1 aliphatic carbocycles. The summed E-state index contributed by atoms with van der Waals surface area (Å²) in [7, 11) is 0. The van der Waals surface area contributed by atoms with Gasteiger partial charge < -0.3 is 9.84 Å². The zero-order valence-corrected chi connectivity index (χ0v) is 10.6. The molecule has 90 valence electrons. The Labute approximate surface area is 101 Å². The van der Waals surface area contributed by atoms with Crippen LogP contribution in [0.4, 0.5) is 0 Å². The highest BCUT2D eigenvalue weighted by atomic mass is 32.2. The quantitative estimate of drug-likeness (QED) is 0.859. The van der Waals surface area contributed by atoms with Crippen LogP contribution >= 0.6 is 11.8 Å². The van der Waals surface area contributed by atoms with Gasteiger partial charge in [0.15, 0.2) is 0 Å². The van der Waals surface area contributed by atoms with Crippen LogP contribution in [0.25, 0.3) is 0 Å². The fraction of sp³-hybridized carbons (Fsp3) is 0.750. The molecule has 0 aliphatic heterocycles. The molecule has 1 aromatic rings. The first-order valence-corrected chi connectivity index (χ1v) is 7.19. The van der Waals surface area contributed by atoms with E-state index in [1.54, 1.807) is 6.26 Å². The molecule has 0 unspecified atom stereocenters. The fourth-order valence-electron chi connectivity index (χ4n) is 2.31. The third-order valence-electron chi connectivity index (χ3n) is 3.12. The van der Waals surface area contributed by atoms with Gasteiger partial charge in [-0.2, -0.15) is 11.8 Å². The maximum Gasteiger partial charge on any atom is 0.124 e. The molecule has 0 amide bonds. The van der Waals surface area contributed by atoms with E-state index in [2.05, 4.69) is 29.2 Å². The van der Waals surface area contributed by atoms with Gasteiger partial charge in [-0.1, -0.05) is 24.9 Å². The number of nitrogens with one attached hydrogen (secondary N) is 1. The number of hydrogen-bond acceptors (Lipinski definition) is 4. The van der Waals surface area contributed by atoms with E-state index in [4.69, 9.17) is 4.52 Å². The van der Waals surface area contributed by atoms with Crippen molar-refractivity contribution in [2.75, 3.05) is 5.75 Å². The molecule has 1 aromatic heterocycles. The lowest BCUT2D eigenvalue weighted by Crippen LogP contribution is -2.40. The minimum Gasteiger partial charge on any atom is -0.364 e. The van der Waals surface area contributed by atoms with Crippen molar-refractivity contribution in [1.82, 2.24) is 10.5 Å². The minimum atomic E-state index is 0.649. The summed E-state index contributed by atoms with van der Waals surface area (Å²) in [5.74, 6) is 1.22. The molecule has 0 aromatic carbocycles. The molecule has 16 heavy (non-hydrogen) atoms. The molecule has 2 rings (SSSR count). The molecule has 4 heteroatoms. The van der Waals surface area contributed by atoms with Gasteiger partial charge in [0.1, 0.15) is 6.26 Å². The Bertz CT molecular complexity index is 287. The molecule has 1 fully saturated rings. The number of hydrogen-bond donors (Lipinski definition) is 1. The Hall–Kier alpha value is -0.480. The minimum absolute atomic E-state index is 0.649. The molecule has 1 aliphatic rings. The molecular formula is C12H20N2OS. The van der Waals surface area contributed by atoms with E-state index < -0.39 is 0 Å². The van der Waals surface area contributed by atoms with Crippen LogP contribution in [0.1, 0.15) is 38.3 Å². The van der Waals surface area contributed by atoms with Crippen molar-refractivity contribution in [1.29, 1.82) is 0 Å². The van der Waals surface area contributed by atoms with E-state index in [9.17, 15) is 0 Å². The van der Waals surface area contributed by atoms with E-state index in [1.165, 1.54) is 31.4 Å². The van der Waals surface area contributed by atoms with E-state index in [0.717, 1.165) is 17.5 Å². The van der Waals surface area contributed by atoms with Crippen molar-refractivity contribution in [3.63, 3.8) is 0 Å². The van der Waals surface area contributed by atoms with Crippen LogP contribution in [-0.2, 0) is 6.54 Å². The second-order valence-corrected chi connectivity index (χ2v) is 5.77. The molecule has 1 N–H and O–H groups in total. The normalized spacial score (nSPS) is 25.8. The summed E-state index contributed by atoms with van der Waals surface area (Å²) < 4.78 is 4.83. The van der Waals surface area contributed by atoms with Gasteiger partial charge in [0.05, 0.1) is 5.69 Å². The smallest absolute Gasteiger partial charge is 0.124 e. The van der Waals surface area contributed by atoms with Gasteiger partial charge in [0.2, 0.25) is 0 Å². The lowest BCUT2D eigenvalue weighted by molar-refractivity contribution is 0.369. The zero-order valence-electron chi connectivity index (χ0n) is 9.82. The second-order valence-electron chi connectivity index (χ2n) is 4.26. The Morgan fingerprint density at radius 3 is 3.12 bits per heavy atom. The molecule has 0 bridgehead atoms. The van der Waals surface area contributed by atoms with Gasteiger partial charge in [0.25, 0.3) is 0 Å². The summed E-state index contributed by atoms with van der Waals surface area (Å²) in [5, 5.41) is 8.33. The summed E-state index contributed by atoms with van der Waals surface area (Å²) in [6.07, 6.45) is 7.04. The van der Waals surface area contributed by atoms with Crippen molar-refractivity contribution in [2.45, 2.75) is 50.4 Å². The highest BCUT2D eigenvalue weighted by Crippen LogP contribution is 2.28. The van der Waals surface area contributed by atoms with Gasteiger partial charge in [0, 0.05) is 23.9 Å². The summed E-state index contributed by atoms with van der Waals surface area (Å²) >= 11 is 2.09. The average molecular weight is 240 g/mol. The van der Waals surface area contributed by atoms with Crippen LogP contribution in [0.3, 0.4) is 0 Å². The maximum atomic E-state index is 4.83. The van der Waals surface area contributed by atoms with E-state index in [-0.39, 0.29) is 0 Å². The Morgan fingerprint density at radius 2 is 2.38 bits per heavy atom. The van der Waals surface area contributed by atoms with Crippen LogP contribution < -0.4 is 5.32 Å². The summed E-state index contributed by atoms with van der Waals surface area (Å²) in [4.78, 5) is 0. The lowest BCUT2D eigenvalue weighted by Gasteiger charge is -2.31. The first-order valence-electron chi connectivity index (χ1n) is 6.14. The first-order chi connectivity index (χ1) is 7.90. The fourth-order valence-corrected chi connectivity index (χ4v) is 3.53. The zero-order chi connectivity index (χ0) is 11.2. The van der Waals surface area contributed by atoms with E-state index >= 15 is 0 Å².